The lowest BCUT2D eigenvalue weighted by Gasteiger charge is -2.45. The van der Waals surface area contributed by atoms with Gasteiger partial charge >= 0.3 is 0 Å². The Morgan fingerprint density at radius 2 is 1.42 bits per heavy atom. The van der Waals surface area contributed by atoms with E-state index in [0.29, 0.717) is 0 Å². The van der Waals surface area contributed by atoms with Gasteiger partial charge in [0.25, 0.3) is 0 Å². The van der Waals surface area contributed by atoms with Crippen LogP contribution in [0, 0.1) is 0 Å². The molecule has 0 unspecified atom stereocenters. The number of benzene rings is 2. The minimum Gasteiger partial charge on any atom is -0.508 e. The summed E-state index contributed by atoms with van der Waals surface area (Å²) in [4.78, 5) is 13.8. The van der Waals surface area contributed by atoms with E-state index in [9.17, 15) is 55.9 Å². The van der Waals surface area contributed by atoms with Crippen LogP contribution in [-0.2, 0) is 14.2 Å². The SMILES string of the molecule is COc1ccc(-c2oc3cc(O)cc(O)c3c(=O)c2O[C@@H]2O[C@@H](CO)[C@H](O)[C@H](O)[C@@H]2O[C@@H]2O[C@H](CO)[C@@H](O)[C@H](O)[C@H]2O)cc1O. The van der Waals surface area contributed by atoms with Gasteiger partial charge in [-0.2, -0.15) is 0 Å². The van der Waals surface area contributed by atoms with E-state index in [2.05, 4.69) is 0 Å². The Balaban J connectivity index is 1.62. The molecule has 0 radical (unpaired) electrons. The number of phenols is 3. The van der Waals surface area contributed by atoms with Crippen LogP contribution in [0.3, 0.4) is 0 Å². The highest BCUT2D eigenvalue weighted by Gasteiger charge is 2.51. The molecule has 2 aliphatic rings. The third kappa shape index (κ3) is 5.98. The van der Waals surface area contributed by atoms with Gasteiger partial charge in [0.15, 0.2) is 29.7 Å². The second-order valence-electron chi connectivity index (χ2n) is 10.4. The first kappa shape index (κ1) is 32.6. The van der Waals surface area contributed by atoms with Crippen molar-refractivity contribution >= 4 is 11.0 Å². The van der Waals surface area contributed by atoms with Crippen LogP contribution in [0.2, 0.25) is 0 Å². The molecule has 0 saturated carbocycles. The van der Waals surface area contributed by atoms with Crippen molar-refractivity contribution in [1.29, 1.82) is 0 Å². The van der Waals surface area contributed by atoms with E-state index >= 15 is 0 Å². The minimum atomic E-state index is -1.96. The summed E-state index contributed by atoms with van der Waals surface area (Å²) in [6.45, 7) is -1.66. The molecule has 17 heteroatoms. The van der Waals surface area contributed by atoms with Crippen LogP contribution in [0.4, 0.5) is 0 Å². The number of ether oxygens (including phenoxy) is 5. The topological polar surface area (TPSA) is 279 Å². The molecule has 0 amide bonds. The van der Waals surface area contributed by atoms with Crippen LogP contribution < -0.4 is 14.9 Å². The molecule has 2 aromatic carbocycles. The standard InChI is InChI=1S/C28H32O17/c1-40-13-3-2-9(4-11(13)32)24-25(20(36)17-12(33)5-10(31)6-14(17)41-24)44-28-26(22(38)19(35)16(8-30)43-28)45-27-23(39)21(37)18(34)15(7-29)42-27/h2-6,15-16,18-19,21-23,26-35,37-39H,7-8H2,1H3/t15-,16+,18-,19+,21+,22+,23-,26+,27+,28+/m1/s1. The number of hydrogen-bond donors (Lipinski definition) is 10. The van der Waals surface area contributed by atoms with E-state index in [0.717, 1.165) is 18.2 Å². The average molecular weight is 641 g/mol. The van der Waals surface area contributed by atoms with Crippen molar-refractivity contribution in [2.24, 2.45) is 0 Å². The summed E-state index contributed by atoms with van der Waals surface area (Å²) < 4.78 is 33.4. The summed E-state index contributed by atoms with van der Waals surface area (Å²) in [6.07, 6.45) is -17.9. The monoisotopic (exact) mass is 640 g/mol. The number of methoxy groups -OCH3 is 1. The molecule has 5 rings (SSSR count). The Kier molecular flexibility index (Phi) is 9.38. The second kappa shape index (κ2) is 12.9. The fourth-order valence-corrected chi connectivity index (χ4v) is 5.14. The number of hydrogen-bond acceptors (Lipinski definition) is 17. The lowest BCUT2D eigenvalue weighted by molar-refractivity contribution is -0.358. The average Bonchev–Trinajstić information content (AvgIpc) is 3.01. The van der Waals surface area contributed by atoms with Crippen LogP contribution in [0.15, 0.2) is 39.5 Å². The summed E-state index contributed by atoms with van der Waals surface area (Å²) in [6, 6.07) is 5.76. The summed E-state index contributed by atoms with van der Waals surface area (Å²) in [5.41, 5.74) is -1.31. The van der Waals surface area contributed by atoms with Crippen LogP contribution in [0.25, 0.3) is 22.3 Å². The highest BCUT2D eigenvalue weighted by atomic mass is 16.8. The molecule has 10 atom stereocenters. The molecular formula is C28H32O17. The largest absolute Gasteiger partial charge is 0.508 e. The van der Waals surface area contributed by atoms with Crippen molar-refractivity contribution in [2.75, 3.05) is 20.3 Å². The molecule has 10 N–H and O–H groups in total. The first-order valence-corrected chi connectivity index (χ1v) is 13.5. The number of aromatic hydroxyl groups is 3. The molecule has 0 aliphatic carbocycles. The fourth-order valence-electron chi connectivity index (χ4n) is 5.14. The van der Waals surface area contributed by atoms with Gasteiger partial charge in [-0.1, -0.05) is 0 Å². The molecular weight excluding hydrogens is 608 g/mol. The third-order valence-electron chi connectivity index (χ3n) is 7.56. The lowest BCUT2D eigenvalue weighted by atomic mass is 9.97. The Hall–Kier alpha value is -3.75. The van der Waals surface area contributed by atoms with Gasteiger partial charge < -0.3 is 79.2 Å². The van der Waals surface area contributed by atoms with E-state index in [1.165, 1.54) is 19.2 Å². The van der Waals surface area contributed by atoms with Crippen LogP contribution in [0.5, 0.6) is 28.7 Å². The molecule has 2 fully saturated rings. The van der Waals surface area contributed by atoms with Crippen molar-refractivity contribution in [2.45, 2.75) is 61.4 Å². The van der Waals surface area contributed by atoms with Gasteiger partial charge in [-0.15, -0.1) is 0 Å². The van der Waals surface area contributed by atoms with Crippen LogP contribution >= 0.6 is 0 Å². The van der Waals surface area contributed by atoms with Gasteiger partial charge in [-0.05, 0) is 18.2 Å². The van der Waals surface area contributed by atoms with E-state index in [1.54, 1.807) is 0 Å². The van der Waals surface area contributed by atoms with Crippen molar-refractivity contribution < 1.29 is 79.2 Å². The van der Waals surface area contributed by atoms with Gasteiger partial charge in [0.05, 0.1) is 20.3 Å². The number of fused-ring (bicyclic) bond motifs is 1. The molecule has 2 saturated heterocycles. The van der Waals surface area contributed by atoms with Crippen molar-refractivity contribution in [3.8, 4) is 40.1 Å². The fraction of sp³-hybridized carbons (Fsp3) is 0.464. The van der Waals surface area contributed by atoms with Crippen molar-refractivity contribution in [1.82, 2.24) is 0 Å². The van der Waals surface area contributed by atoms with Crippen LogP contribution in [-0.4, -0.2) is 133 Å². The quantitative estimate of drug-likeness (QED) is 0.123. The molecule has 45 heavy (non-hydrogen) atoms. The lowest BCUT2D eigenvalue weighted by Crippen LogP contribution is -2.65. The van der Waals surface area contributed by atoms with Gasteiger partial charge in [0, 0.05) is 17.7 Å². The Bertz CT molecular complexity index is 1570. The Morgan fingerprint density at radius 3 is 2.04 bits per heavy atom. The molecule has 246 valence electrons. The zero-order valence-electron chi connectivity index (χ0n) is 23.4. The molecule has 3 heterocycles. The maximum absolute atomic E-state index is 13.8. The number of rotatable bonds is 8. The smallest absolute Gasteiger partial charge is 0.239 e. The van der Waals surface area contributed by atoms with Gasteiger partial charge in [-0.25, -0.2) is 0 Å². The maximum Gasteiger partial charge on any atom is 0.239 e. The highest BCUT2D eigenvalue weighted by Crippen LogP contribution is 2.40. The second-order valence-corrected chi connectivity index (χ2v) is 10.4. The van der Waals surface area contributed by atoms with Gasteiger partial charge in [0.2, 0.25) is 17.5 Å². The predicted molar refractivity (Wildman–Crippen MR) is 146 cm³/mol. The van der Waals surface area contributed by atoms with Gasteiger partial charge in [0.1, 0.15) is 65.2 Å². The maximum atomic E-state index is 13.8. The molecule has 0 spiro atoms. The molecule has 2 aliphatic heterocycles. The molecule has 3 aromatic rings. The summed E-state index contributed by atoms with van der Waals surface area (Å²) in [5.74, 6) is -2.54. The Labute approximate surface area is 252 Å². The zero-order valence-corrected chi connectivity index (χ0v) is 23.4. The summed E-state index contributed by atoms with van der Waals surface area (Å²) >= 11 is 0. The summed E-state index contributed by atoms with van der Waals surface area (Å²) in [5, 5.41) is 102. The van der Waals surface area contributed by atoms with E-state index < -0.39 is 103 Å². The minimum absolute atomic E-state index is 0.0200. The first-order valence-electron chi connectivity index (χ1n) is 13.5. The van der Waals surface area contributed by atoms with E-state index in [-0.39, 0.29) is 28.4 Å². The number of aliphatic hydroxyl groups excluding tert-OH is 7. The van der Waals surface area contributed by atoms with Crippen molar-refractivity contribution in [3.63, 3.8) is 0 Å². The van der Waals surface area contributed by atoms with Gasteiger partial charge in [-0.3, -0.25) is 4.79 Å². The Morgan fingerprint density at radius 1 is 0.778 bits per heavy atom. The normalized spacial score (nSPS) is 32.0. The first-order chi connectivity index (χ1) is 21.4. The predicted octanol–water partition coefficient (Wildman–Crippen LogP) is -2.41. The zero-order chi connectivity index (χ0) is 32.7. The van der Waals surface area contributed by atoms with Crippen LogP contribution in [0.1, 0.15) is 0 Å². The summed E-state index contributed by atoms with van der Waals surface area (Å²) in [7, 11) is 1.30. The highest BCUT2D eigenvalue weighted by molar-refractivity contribution is 5.88. The number of phenolic OH excluding ortho intramolecular Hbond substituents is 3. The molecule has 17 nitrogen and oxygen atoms in total. The number of aliphatic hydroxyl groups is 7. The molecule has 1 aromatic heterocycles. The third-order valence-corrected chi connectivity index (χ3v) is 7.56. The van der Waals surface area contributed by atoms with E-state index in [4.69, 9.17) is 28.1 Å². The molecule has 0 bridgehead atoms. The van der Waals surface area contributed by atoms with Crippen molar-refractivity contribution in [3.05, 3.63) is 40.6 Å². The van der Waals surface area contributed by atoms with E-state index in [1.807, 2.05) is 0 Å².